The second-order valence-corrected chi connectivity index (χ2v) is 8.88. The van der Waals surface area contributed by atoms with Gasteiger partial charge in [0.1, 0.15) is 11.2 Å². The Bertz CT molecular complexity index is 1450. The van der Waals surface area contributed by atoms with Crippen LogP contribution in [0.25, 0.3) is 21.9 Å². The van der Waals surface area contributed by atoms with Crippen molar-refractivity contribution >= 4 is 51.6 Å². The lowest BCUT2D eigenvalue weighted by Crippen LogP contribution is -2.33. The maximum absolute atomic E-state index is 10.2. The van der Waals surface area contributed by atoms with E-state index in [9.17, 15) is 10.0 Å². The van der Waals surface area contributed by atoms with E-state index in [0.29, 0.717) is 11.0 Å². The van der Waals surface area contributed by atoms with E-state index in [1.807, 2.05) is 42.5 Å². The fourth-order valence-corrected chi connectivity index (χ4v) is 5.11. The molecule has 0 amide bonds. The number of benzene rings is 4. The van der Waals surface area contributed by atoms with E-state index in [2.05, 4.69) is 61.2 Å². The normalized spacial score (nSPS) is 14.4. The minimum absolute atomic E-state index is 0.157. The van der Waals surface area contributed by atoms with Gasteiger partial charge in [0, 0.05) is 27.3 Å². The van der Waals surface area contributed by atoms with Crippen molar-refractivity contribution < 1.29 is 14.5 Å². The van der Waals surface area contributed by atoms with Gasteiger partial charge in [0.15, 0.2) is 0 Å². The van der Waals surface area contributed by atoms with Crippen molar-refractivity contribution in [1.82, 2.24) is 0 Å². The van der Waals surface area contributed by atoms with Gasteiger partial charge in [0.05, 0.1) is 11.4 Å². The van der Waals surface area contributed by atoms with Crippen LogP contribution in [0.2, 0.25) is 0 Å². The van der Waals surface area contributed by atoms with Crippen LogP contribution in [0, 0.1) is 0 Å². The van der Waals surface area contributed by atoms with Gasteiger partial charge >= 0.3 is 7.12 Å². The van der Waals surface area contributed by atoms with Crippen LogP contribution in [0.1, 0.15) is 25.0 Å². The van der Waals surface area contributed by atoms with Crippen LogP contribution in [0.3, 0.4) is 0 Å². The molecule has 1 aliphatic rings. The van der Waals surface area contributed by atoms with Gasteiger partial charge in [-0.2, -0.15) is 0 Å². The van der Waals surface area contributed by atoms with Gasteiger partial charge < -0.3 is 19.4 Å². The molecule has 0 spiro atoms. The zero-order valence-corrected chi connectivity index (χ0v) is 17.9. The highest BCUT2D eigenvalue weighted by molar-refractivity contribution is 6.62. The van der Waals surface area contributed by atoms with Crippen molar-refractivity contribution in [1.29, 1.82) is 0 Å². The molecule has 0 bridgehead atoms. The largest absolute Gasteiger partial charge is 0.492 e. The summed E-state index contributed by atoms with van der Waals surface area (Å²) in [6.07, 6.45) is 0. The lowest BCUT2D eigenvalue weighted by Gasteiger charge is -2.42. The van der Waals surface area contributed by atoms with Gasteiger partial charge in [-0.3, -0.25) is 0 Å². The Kier molecular flexibility index (Phi) is 4.03. The van der Waals surface area contributed by atoms with Crippen LogP contribution >= 0.6 is 0 Å². The standard InChI is InChI=1S/C27H22BNO3/c1-27(2)20-10-4-6-12-23(20)29(24-13-7-5-11-21(24)27)17-15-19-18-9-3-8-14-25(18)32-26(19)22(16-17)28(30)31/h3-16,30-31H,1-2H3. The van der Waals surface area contributed by atoms with E-state index in [1.54, 1.807) is 0 Å². The van der Waals surface area contributed by atoms with Crippen molar-refractivity contribution in [3.63, 3.8) is 0 Å². The van der Waals surface area contributed by atoms with Gasteiger partial charge in [-0.15, -0.1) is 0 Å². The summed E-state index contributed by atoms with van der Waals surface area (Å²) in [4.78, 5) is 2.21. The molecule has 1 aliphatic heterocycles. The SMILES string of the molecule is CC1(C)c2ccccc2N(c2cc(B(O)O)c3oc4ccccc4c3c2)c2ccccc21. The van der Waals surface area contributed by atoms with Crippen molar-refractivity contribution in [2.45, 2.75) is 19.3 Å². The Morgan fingerprint density at radius 2 is 1.34 bits per heavy atom. The number of furan rings is 1. The molecule has 0 saturated carbocycles. The second kappa shape index (κ2) is 6.73. The van der Waals surface area contributed by atoms with E-state index in [1.165, 1.54) is 11.1 Å². The molecule has 6 rings (SSSR count). The van der Waals surface area contributed by atoms with Crippen LogP contribution < -0.4 is 10.4 Å². The number of fused-ring (bicyclic) bond motifs is 5. The monoisotopic (exact) mass is 419 g/mol. The Hall–Kier alpha value is -3.54. The summed E-state index contributed by atoms with van der Waals surface area (Å²) in [6.45, 7) is 4.50. The average molecular weight is 419 g/mol. The molecule has 1 aromatic heterocycles. The molecule has 0 atom stereocenters. The predicted octanol–water partition coefficient (Wildman–Crippen LogP) is 5.37. The number of rotatable bonds is 2. The van der Waals surface area contributed by atoms with Crippen LogP contribution in [0.15, 0.2) is 89.3 Å². The highest BCUT2D eigenvalue weighted by Crippen LogP contribution is 2.51. The van der Waals surface area contributed by atoms with E-state index >= 15 is 0 Å². The Labute approximate surface area is 186 Å². The summed E-state index contributed by atoms with van der Waals surface area (Å²) >= 11 is 0. The maximum Gasteiger partial charge on any atom is 0.492 e. The molecule has 0 aliphatic carbocycles. The second-order valence-electron chi connectivity index (χ2n) is 8.88. The average Bonchev–Trinajstić information content (AvgIpc) is 3.17. The number of nitrogens with zero attached hydrogens (tertiary/aromatic N) is 1. The number of hydrogen-bond donors (Lipinski definition) is 2. The van der Waals surface area contributed by atoms with Crippen LogP contribution in [0.5, 0.6) is 0 Å². The van der Waals surface area contributed by atoms with Crippen molar-refractivity contribution in [2.24, 2.45) is 0 Å². The van der Waals surface area contributed by atoms with E-state index in [-0.39, 0.29) is 5.41 Å². The van der Waals surface area contributed by atoms with Crippen LogP contribution in [-0.2, 0) is 5.41 Å². The van der Waals surface area contributed by atoms with Gasteiger partial charge in [0.2, 0.25) is 0 Å². The van der Waals surface area contributed by atoms with Crippen molar-refractivity contribution in [3.8, 4) is 0 Å². The summed E-state index contributed by atoms with van der Waals surface area (Å²) in [5.41, 5.74) is 6.91. The molecule has 4 aromatic carbocycles. The minimum Gasteiger partial charge on any atom is -0.456 e. The smallest absolute Gasteiger partial charge is 0.456 e. The molecule has 0 unspecified atom stereocenters. The quantitative estimate of drug-likeness (QED) is 0.378. The summed E-state index contributed by atoms with van der Waals surface area (Å²) < 4.78 is 6.02. The fraction of sp³-hybridized carbons (Fsp3) is 0.111. The molecule has 0 fully saturated rings. The topological polar surface area (TPSA) is 56.8 Å². The third-order valence-corrected chi connectivity index (χ3v) is 6.66. The van der Waals surface area contributed by atoms with Crippen LogP contribution in [0.4, 0.5) is 17.1 Å². The molecular weight excluding hydrogens is 397 g/mol. The first-order valence-electron chi connectivity index (χ1n) is 10.8. The number of anilines is 3. The fourth-order valence-electron chi connectivity index (χ4n) is 5.11. The van der Waals surface area contributed by atoms with E-state index in [4.69, 9.17) is 4.42 Å². The van der Waals surface area contributed by atoms with Crippen LogP contribution in [-0.4, -0.2) is 17.2 Å². The van der Waals surface area contributed by atoms with E-state index in [0.717, 1.165) is 33.4 Å². The summed E-state index contributed by atoms with van der Waals surface area (Å²) in [7, 11) is -1.65. The van der Waals surface area contributed by atoms with Gasteiger partial charge in [-0.05, 0) is 41.5 Å². The first-order valence-corrected chi connectivity index (χ1v) is 10.8. The highest BCUT2D eigenvalue weighted by Gasteiger charge is 2.37. The Balaban J connectivity index is 1.71. The molecule has 5 heteroatoms. The molecule has 32 heavy (non-hydrogen) atoms. The first kappa shape index (κ1) is 19.2. The third kappa shape index (κ3) is 2.59. The van der Waals surface area contributed by atoms with Gasteiger partial charge in [0.25, 0.3) is 0 Å². The zero-order chi connectivity index (χ0) is 22.0. The molecule has 0 radical (unpaired) electrons. The molecule has 0 saturated heterocycles. The molecule has 5 aromatic rings. The minimum atomic E-state index is -1.65. The van der Waals surface area contributed by atoms with Gasteiger partial charge in [-0.1, -0.05) is 68.4 Å². The zero-order valence-electron chi connectivity index (χ0n) is 17.9. The number of hydrogen-bond acceptors (Lipinski definition) is 4. The molecule has 2 N–H and O–H groups in total. The first-order chi connectivity index (χ1) is 15.5. The van der Waals surface area contributed by atoms with E-state index < -0.39 is 7.12 Å². The highest BCUT2D eigenvalue weighted by atomic mass is 16.4. The summed E-state index contributed by atoms with van der Waals surface area (Å²) in [5, 5.41) is 22.3. The molecule has 4 nitrogen and oxygen atoms in total. The molecule has 2 heterocycles. The predicted molar refractivity (Wildman–Crippen MR) is 130 cm³/mol. The summed E-state index contributed by atoms with van der Waals surface area (Å²) in [5.74, 6) is 0. The lowest BCUT2D eigenvalue weighted by atomic mass is 9.73. The summed E-state index contributed by atoms with van der Waals surface area (Å²) in [6, 6.07) is 28.5. The third-order valence-electron chi connectivity index (χ3n) is 6.66. The molecule has 156 valence electrons. The van der Waals surface area contributed by atoms with Crippen molar-refractivity contribution in [3.05, 3.63) is 96.1 Å². The van der Waals surface area contributed by atoms with Crippen molar-refractivity contribution in [2.75, 3.05) is 4.90 Å². The Morgan fingerprint density at radius 3 is 2.00 bits per heavy atom. The van der Waals surface area contributed by atoms with Gasteiger partial charge in [-0.25, -0.2) is 0 Å². The Morgan fingerprint density at radius 1 is 0.750 bits per heavy atom. The lowest BCUT2D eigenvalue weighted by molar-refractivity contribution is 0.425. The molecular formula is C27H22BNO3. The number of para-hydroxylation sites is 3. The maximum atomic E-state index is 10.2.